The zero-order valence-electron chi connectivity index (χ0n) is 12.9. The van der Waals surface area contributed by atoms with Gasteiger partial charge in [-0.05, 0) is 22.8 Å². The lowest BCUT2D eigenvalue weighted by molar-refractivity contribution is 0.0998. The van der Waals surface area contributed by atoms with Crippen molar-refractivity contribution in [1.29, 1.82) is 5.41 Å². The Balaban J connectivity index is 1.90. The molecule has 0 spiro atoms. The highest BCUT2D eigenvalue weighted by atomic mass is 35.5. The summed E-state index contributed by atoms with van der Waals surface area (Å²) < 4.78 is 1.61. The van der Waals surface area contributed by atoms with Crippen LogP contribution in [-0.2, 0) is 6.54 Å². The molecule has 0 fully saturated rings. The molecule has 1 amide bonds. The smallest absolute Gasteiger partial charge is 0.252 e. The number of hydrogen-bond acceptors (Lipinski definition) is 2. The summed E-state index contributed by atoms with van der Waals surface area (Å²) in [7, 11) is 0. The number of halogens is 1. The van der Waals surface area contributed by atoms with Gasteiger partial charge in [0.15, 0.2) is 0 Å². The molecule has 0 unspecified atom stereocenters. The Hall–Kier alpha value is -2.85. The summed E-state index contributed by atoms with van der Waals surface area (Å²) >= 11 is 6.03. The molecule has 0 aliphatic rings. The van der Waals surface area contributed by atoms with Crippen molar-refractivity contribution in [2.45, 2.75) is 6.54 Å². The van der Waals surface area contributed by atoms with Gasteiger partial charge in [-0.2, -0.15) is 0 Å². The molecule has 0 saturated heterocycles. The largest absolute Gasteiger partial charge is 0.365 e. The molecule has 0 saturated carbocycles. The van der Waals surface area contributed by atoms with E-state index in [1.54, 1.807) is 10.8 Å². The van der Waals surface area contributed by atoms with Crippen molar-refractivity contribution >= 4 is 17.5 Å². The minimum Gasteiger partial charge on any atom is -0.365 e. The Morgan fingerprint density at radius 1 is 1.04 bits per heavy atom. The van der Waals surface area contributed by atoms with Crippen LogP contribution in [0.1, 0.15) is 15.9 Å². The molecule has 0 atom stereocenters. The Bertz CT molecular complexity index is 931. The van der Waals surface area contributed by atoms with Crippen LogP contribution in [0.5, 0.6) is 0 Å². The highest BCUT2D eigenvalue weighted by Crippen LogP contribution is 2.19. The first kappa shape index (κ1) is 16.0. The molecule has 1 heterocycles. The third-order valence-corrected chi connectivity index (χ3v) is 3.99. The number of nitrogens with two attached hydrogens (primary N) is 1. The van der Waals surface area contributed by atoms with Crippen LogP contribution in [0, 0.1) is 5.41 Å². The topological polar surface area (TPSA) is 71.9 Å². The normalized spacial score (nSPS) is 10.5. The number of nitrogens with one attached hydrogen (secondary N) is 1. The van der Waals surface area contributed by atoms with Crippen LogP contribution in [0.4, 0.5) is 0 Å². The zero-order chi connectivity index (χ0) is 17.1. The van der Waals surface area contributed by atoms with E-state index in [1.807, 2.05) is 42.5 Å². The van der Waals surface area contributed by atoms with E-state index in [1.165, 1.54) is 6.07 Å². The first-order valence-corrected chi connectivity index (χ1v) is 7.81. The SMILES string of the molecule is N=c1c(C(N)=O)cc(Cl)cn1Cc1ccc(-c2ccccc2)cc1. The van der Waals surface area contributed by atoms with Gasteiger partial charge in [-0.25, -0.2) is 0 Å². The van der Waals surface area contributed by atoms with Crippen molar-refractivity contribution in [3.63, 3.8) is 0 Å². The van der Waals surface area contributed by atoms with E-state index < -0.39 is 5.91 Å². The fourth-order valence-electron chi connectivity index (χ4n) is 2.55. The van der Waals surface area contributed by atoms with Gasteiger partial charge in [0.25, 0.3) is 5.91 Å². The van der Waals surface area contributed by atoms with E-state index in [2.05, 4.69) is 12.1 Å². The summed E-state index contributed by atoms with van der Waals surface area (Å²) in [5.74, 6) is -0.657. The van der Waals surface area contributed by atoms with Gasteiger partial charge < -0.3 is 10.3 Å². The van der Waals surface area contributed by atoms with Gasteiger partial charge in [0.1, 0.15) is 5.49 Å². The monoisotopic (exact) mass is 337 g/mol. The van der Waals surface area contributed by atoms with Gasteiger partial charge in [-0.15, -0.1) is 0 Å². The Morgan fingerprint density at radius 2 is 1.67 bits per heavy atom. The number of carbonyl (C=O) groups excluding carboxylic acids is 1. The number of amides is 1. The van der Waals surface area contributed by atoms with E-state index in [-0.39, 0.29) is 11.1 Å². The van der Waals surface area contributed by atoms with Crippen molar-refractivity contribution in [2.24, 2.45) is 5.73 Å². The number of carbonyl (C=O) groups is 1. The average molecular weight is 338 g/mol. The minimum absolute atomic E-state index is 0.0547. The van der Waals surface area contributed by atoms with E-state index in [0.29, 0.717) is 11.6 Å². The van der Waals surface area contributed by atoms with E-state index in [9.17, 15) is 4.79 Å². The highest BCUT2D eigenvalue weighted by molar-refractivity contribution is 6.30. The predicted molar refractivity (Wildman–Crippen MR) is 94.8 cm³/mol. The molecule has 3 aromatic rings. The van der Waals surface area contributed by atoms with Crippen LogP contribution < -0.4 is 11.2 Å². The molecular weight excluding hydrogens is 322 g/mol. The fraction of sp³-hybridized carbons (Fsp3) is 0.0526. The van der Waals surface area contributed by atoms with E-state index >= 15 is 0 Å². The van der Waals surface area contributed by atoms with Crippen LogP contribution in [0.15, 0.2) is 66.9 Å². The third-order valence-electron chi connectivity index (χ3n) is 3.78. The molecule has 2 aromatic carbocycles. The van der Waals surface area contributed by atoms with Crippen LogP contribution in [0.25, 0.3) is 11.1 Å². The molecule has 0 radical (unpaired) electrons. The maximum atomic E-state index is 11.4. The van der Waals surface area contributed by atoms with Crippen LogP contribution in [0.3, 0.4) is 0 Å². The number of benzene rings is 2. The lowest BCUT2D eigenvalue weighted by Gasteiger charge is -2.11. The van der Waals surface area contributed by atoms with Gasteiger partial charge in [-0.1, -0.05) is 66.2 Å². The van der Waals surface area contributed by atoms with Crippen molar-refractivity contribution in [2.75, 3.05) is 0 Å². The van der Waals surface area contributed by atoms with Gasteiger partial charge in [0.05, 0.1) is 10.6 Å². The number of hydrogen-bond donors (Lipinski definition) is 2. The summed E-state index contributed by atoms with van der Waals surface area (Å²) in [4.78, 5) is 11.4. The molecule has 3 N–H and O–H groups in total. The van der Waals surface area contributed by atoms with Crippen LogP contribution >= 0.6 is 11.6 Å². The summed E-state index contributed by atoms with van der Waals surface area (Å²) in [6.45, 7) is 0.439. The van der Waals surface area contributed by atoms with Crippen molar-refractivity contribution < 1.29 is 4.79 Å². The first-order chi connectivity index (χ1) is 11.5. The molecule has 5 heteroatoms. The van der Waals surface area contributed by atoms with Gasteiger partial charge >= 0.3 is 0 Å². The van der Waals surface area contributed by atoms with Crippen LogP contribution in [0.2, 0.25) is 5.02 Å². The maximum Gasteiger partial charge on any atom is 0.252 e. The minimum atomic E-state index is -0.657. The Labute approximate surface area is 144 Å². The molecular formula is C19H16ClN3O. The third kappa shape index (κ3) is 3.39. The number of rotatable bonds is 4. The Kier molecular flexibility index (Phi) is 4.49. The van der Waals surface area contributed by atoms with Crippen molar-refractivity contribution in [3.05, 3.63) is 88.5 Å². The second-order valence-corrected chi connectivity index (χ2v) is 5.91. The highest BCUT2D eigenvalue weighted by Gasteiger charge is 2.08. The molecule has 3 rings (SSSR count). The second-order valence-electron chi connectivity index (χ2n) is 5.48. The maximum absolute atomic E-state index is 11.4. The van der Waals surface area contributed by atoms with E-state index in [0.717, 1.165) is 16.7 Å². The first-order valence-electron chi connectivity index (χ1n) is 7.43. The van der Waals surface area contributed by atoms with Crippen molar-refractivity contribution in [3.8, 4) is 11.1 Å². The zero-order valence-corrected chi connectivity index (χ0v) is 13.6. The van der Waals surface area contributed by atoms with Crippen LogP contribution in [-0.4, -0.2) is 10.5 Å². The molecule has 120 valence electrons. The van der Waals surface area contributed by atoms with Gasteiger partial charge in [-0.3, -0.25) is 10.2 Å². The van der Waals surface area contributed by atoms with Gasteiger partial charge in [0.2, 0.25) is 0 Å². The molecule has 0 bridgehead atoms. The quantitative estimate of drug-likeness (QED) is 0.752. The molecule has 0 aliphatic carbocycles. The number of pyridine rings is 1. The molecule has 0 aliphatic heterocycles. The second kappa shape index (κ2) is 6.72. The van der Waals surface area contributed by atoms with Gasteiger partial charge in [0, 0.05) is 12.7 Å². The number of primary amides is 1. The summed E-state index contributed by atoms with van der Waals surface area (Å²) in [6.07, 6.45) is 1.63. The van der Waals surface area contributed by atoms with E-state index in [4.69, 9.17) is 22.7 Å². The number of nitrogens with zero attached hydrogens (tertiary/aromatic N) is 1. The Morgan fingerprint density at radius 3 is 2.29 bits per heavy atom. The van der Waals surface area contributed by atoms with Crippen molar-refractivity contribution in [1.82, 2.24) is 4.57 Å². The lowest BCUT2D eigenvalue weighted by Crippen LogP contribution is -2.29. The predicted octanol–water partition coefficient (Wildman–Crippen LogP) is 3.44. The lowest BCUT2D eigenvalue weighted by atomic mass is 10.0. The fourth-order valence-corrected chi connectivity index (χ4v) is 2.78. The summed E-state index contributed by atoms with van der Waals surface area (Å²) in [5.41, 5.74) is 8.75. The molecule has 4 nitrogen and oxygen atoms in total. The summed E-state index contributed by atoms with van der Waals surface area (Å²) in [6, 6.07) is 19.6. The number of aromatic nitrogens is 1. The molecule has 1 aromatic heterocycles. The molecule has 24 heavy (non-hydrogen) atoms. The standard InChI is InChI=1S/C19H16ClN3O/c20-16-10-17(19(22)24)18(21)23(12-16)11-13-6-8-15(9-7-13)14-4-2-1-3-5-14/h1-10,12,21H,11H2,(H2,22,24). The average Bonchev–Trinajstić information content (AvgIpc) is 2.59. The summed E-state index contributed by atoms with van der Waals surface area (Å²) in [5, 5.41) is 8.48.